The molecule has 2 amide bonds. The van der Waals surface area contributed by atoms with Crippen molar-refractivity contribution in [3.8, 4) is 0 Å². The summed E-state index contributed by atoms with van der Waals surface area (Å²) in [6, 6.07) is 9.27. The van der Waals surface area contributed by atoms with Gasteiger partial charge in [0.05, 0.1) is 12.1 Å². The van der Waals surface area contributed by atoms with Crippen molar-refractivity contribution in [3.05, 3.63) is 30.3 Å². The molecule has 5 heteroatoms. The van der Waals surface area contributed by atoms with E-state index in [4.69, 9.17) is 0 Å². The first-order chi connectivity index (χ1) is 11.2. The lowest BCUT2D eigenvalue weighted by molar-refractivity contribution is -0.120. The van der Waals surface area contributed by atoms with E-state index in [0.29, 0.717) is 18.2 Å². The van der Waals surface area contributed by atoms with Gasteiger partial charge < -0.3 is 5.32 Å². The normalized spacial score (nSPS) is 18.9. The van der Waals surface area contributed by atoms with Crippen molar-refractivity contribution in [2.75, 3.05) is 5.01 Å². The number of amides is 2. The Balaban J connectivity index is 1.51. The Bertz CT molecular complexity index is 592. The van der Waals surface area contributed by atoms with E-state index in [0.717, 1.165) is 12.1 Å². The predicted octanol–water partition coefficient (Wildman–Crippen LogP) is 3.21. The fourth-order valence-corrected chi connectivity index (χ4v) is 3.30. The Morgan fingerprint density at radius 2 is 1.91 bits per heavy atom. The van der Waals surface area contributed by atoms with Crippen molar-refractivity contribution in [1.82, 2.24) is 5.32 Å². The second-order valence-electron chi connectivity index (χ2n) is 6.36. The molecule has 0 aromatic heterocycles. The van der Waals surface area contributed by atoms with Crippen molar-refractivity contribution in [3.63, 3.8) is 0 Å². The van der Waals surface area contributed by atoms with Gasteiger partial charge in [0.25, 0.3) is 5.91 Å². The summed E-state index contributed by atoms with van der Waals surface area (Å²) in [4.78, 5) is 24.1. The third kappa shape index (κ3) is 4.18. The average Bonchev–Trinajstić information content (AvgIpc) is 2.95. The van der Waals surface area contributed by atoms with Crippen LogP contribution in [0, 0.1) is 5.92 Å². The molecule has 1 aliphatic heterocycles. The molecule has 1 aliphatic carbocycles. The van der Waals surface area contributed by atoms with Gasteiger partial charge >= 0.3 is 0 Å². The van der Waals surface area contributed by atoms with Crippen LogP contribution in [0.1, 0.15) is 51.4 Å². The van der Waals surface area contributed by atoms with E-state index in [9.17, 15) is 9.59 Å². The summed E-state index contributed by atoms with van der Waals surface area (Å²) in [5.41, 5.74) is 0.726. The molecule has 0 radical (unpaired) electrons. The summed E-state index contributed by atoms with van der Waals surface area (Å²) in [7, 11) is 0. The zero-order chi connectivity index (χ0) is 16.1. The summed E-state index contributed by atoms with van der Waals surface area (Å²) in [6.07, 6.45) is 8.02. The second-order valence-corrected chi connectivity index (χ2v) is 6.36. The molecule has 0 atom stereocenters. The SMILES string of the molecule is O=C(CCC1CCCCC1)NC1=NN(c2ccccc2)C(=O)C1. The van der Waals surface area contributed by atoms with Gasteiger partial charge in [-0.2, -0.15) is 10.1 Å². The number of nitrogens with zero attached hydrogens (tertiary/aromatic N) is 2. The van der Waals surface area contributed by atoms with Crippen LogP contribution in [0.4, 0.5) is 5.69 Å². The lowest BCUT2D eigenvalue weighted by Gasteiger charge is -2.20. The zero-order valence-electron chi connectivity index (χ0n) is 13.3. The lowest BCUT2D eigenvalue weighted by atomic mass is 9.86. The summed E-state index contributed by atoms with van der Waals surface area (Å²) >= 11 is 0. The number of anilines is 1. The largest absolute Gasteiger partial charge is 0.312 e. The van der Waals surface area contributed by atoms with Crippen molar-refractivity contribution >= 4 is 23.3 Å². The number of amidine groups is 1. The van der Waals surface area contributed by atoms with Crippen molar-refractivity contribution in [2.45, 2.75) is 51.4 Å². The van der Waals surface area contributed by atoms with Crippen LogP contribution in [0.25, 0.3) is 0 Å². The molecule has 2 aliphatic rings. The van der Waals surface area contributed by atoms with E-state index in [2.05, 4.69) is 10.4 Å². The van der Waals surface area contributed by atoms with E-state index in [-0.39, 0.29) is 18.2 Å². The van der Waals surface area contributed by atoms with Gasteiger partial charge in [0, 0.05) is 6.42 Å². The first-order valence-corrected chi connectivity index (χ1v) is 8.48. The highest BCUT2D eigenvalue weighted by atomic mass is 16.2. The van der Waals surface area contributed by atoms with Crippen molar-refractivity contribution in [1.29, 1.82) is 0 Å². The fraction of sp³-hybridized carbons (Fsp3) is 0.500. The molecule has 0 spiro atoms. The number of para-hydroxylation sites is 1. The summed E-state index contributed by atoms with van der Waals surface area (Å²) in [6.45, 7) is 0. The molecule has 1 aromatic rings. The maximum Gasteiger partial charge on any atom is 0.255 e. The molecule has 1 saturated carbocycles. The smallest absolute Gasteiger partial charge is 0.255 e. The lowest BCUT2D eigenvalue weighted by Crippen LogP contribution is -2.30. The van der Waals surface area contributed by atoms with E-state index in [1.165, 1.54) is 37.1 Å². The minimum absolute atomic E-state index is 0.0305. The Morgan fingerprint density at radius 3 is 2.65 bits per heavy atom. The van der Waals surface area contributed by atoms with Gasteiger partial charge in [0.1, 0.15) is 5.84 Å². The Hall–Kier alpha value is -2.17. The first kappa shape index (κ1) is 15.7. The molecule has 0 bridgehead atoms. The third-order valence-corrected chi connectivity index (χ3v) is 4.56. The van der Waals surface area contributed by atoms with Crippen LogP contribution < -0.4 is 10.3 Å². The minimum Gasteiger partial charge on any atom is -0.312 e. The molecule has 3 rings (SSSR count). The van der Waals surface area contributed by atoms with Gasteiger partial charge in [-0.25, -0.2) is 0 Å². The number of hydrogen-bond acceptors (Lipinski definition) is 3. The maximum absolute atomic E-state index is 12.1. The predicted molar refractivity (Wildman–Crippen MR) is 89.9 cm³/mol. The summed E-state index contributed by atoms with van der Waals surface area (Å²) in [5, 5.41) is 8.40. The quantitative estimate of drug-likeness (QED) is 0.927. The van der Waals surface area contributed by atoms with Gasteiger partial charge in [0.15, 0.2) is 0 Å². The standard InChI is InChI=1S/C18H23N3O2/c22-17(12-11-14-7-3-1-4-8-14)19-16-13-18(23)21(20-16)15-9-5-2-6-10-15/h2,5-6,9-10,14H,1,3-4,7-8,11-13H2,(H,19,20,22). The van der Waals surface area contributed by atoms with E-state index < -0.39 is 0 Å². The van der Waals surface area contributed by atoms with Crippen LogP contribution in [-0.4, -0.2) is 17.6 Å². The van der Waals surface area contributed by atoms with Gasteiger partial charge in [0.2, 0.25) is 5.91 Å². The molecular weight excluding hydrogens is 290 g/mol. The highest BCUT2D eigenvalue weighted by Gasteiger charge is 2.26. The topological polar surface area (TPSA) is 61.8 Å². The van der Waals surface area contributed by atoms with Crippen molar-refractivity contribution in [2.24, 2.45) is 11.0 Å². The molecule has 1 aromatic carbocycles. The molecule has 23 heavy (non-hydrogen) atoms. The first-order valence-electron chi connectivity index (χ1n) is 8.48. The van der Waals surface area contributed by atoms with E-state index in [1.54, 1.807) is 0 Å². The highest BCUT2D eigenvalue weighted by molar-refractivity contribution is 6.15. The zero-order valence-corrected chi connectivity index (χ0v) is 13.3. The van der Waals surface area contributed by atoms with Gasteiger partial charge in [-0.3, -0.25) is 9.59 Å². The molecule has 1 N–H and O–H groups in total. The molecule has 1 fully saturated rings. The van der Waals surface area contributed by atoms with Gasteiger partial charge in [-0.1, -0.05) is 50.3 Å². The number of hydrazone groups is 1. The second kappa shape index (κ2) is 7.40. The Kier molecular flexibility index (Phi) is 5.05. The number of carbonyl (C=O) groups excluding carboxylic acids is 2. The Labute approximate surface area is 136 Å². The number of benzene rings is 1. The molecule has 1 heterocycles. The molecule has 0 saturated heterocycles. The number of carbonyl (C=O) groups is 2. The molecule has 0 unspecified atom stereocenters. The minimum atomic E-state index is -0.112. The van der Waals surface area contributed by atoms with Gasteiger partial charge in [-0.05, 0) is 24.5 Å². The van der Waals surface area contributed by atoms with E-state index in [1.807, 2.05) is 30.3 Å². The number of nitrogens with one attached hydrogen (secondary N) is 1. The van der Waals surface area contributed by atoms with E-state index >= 15 is 0 Å². The summed E-state index contributed by atoms with van der Waals surface area (Å²) in [5.74, 6) is 0.991. The maximum atomic E-state index is 12.1. The number of rotatable bonds is 4. The fourth-order valence-electron chi connectivity index (χ4n) is 3.30. The highest BCUT2D eigenvalue weighted by Crippen LogP contribution is 2.27. The summed E-state index contributed by atoms with van der Waals surface area (Å²) < 4.78 is 0. The monoisotopic (exact) mass is 313 g/mol. The third-order valence-electron chi connectivity index (χ3n) is 4.56. The average molecular weight is 313 g/mol. The van der Waals surface area contributed by atoms with Crippen LogP contribution in [-0.2, 0) is 9.59 Å². The molecular formula is C18H23N3O2. The molecule has 122 valence electrons. The number of hydrogen-bond donors (Lipinski definition) is 1. The van der Waals surface area contributed by atoms with Crippen LogP contribution in [0.2, 0.25) is 0 Å². The van der Waals surface area contributed by atoms with Crippen LogP contribution in [0.5, 0.6) is 0 Å². The van der Waals surface area contributed by atoms with Gasteiger partial charge in [-0.15, -0.1) is 0 Å². The van der Waals surface area contributed by atoms with Crippen molar-refractivity contribution < 1.29 is 9.59 Å². The molecule has 5 nitrogen and oxygen atoms in total. The van der Waals surface area contributed by atoms with Crippen LogP contribution in [0.3, 0.4) is 0 Å². The van der Waals surface area contributed by atoms with Crippen LogP contribution in [0.15, 0.2) is 35.4 Å². The Morgan fingerprint density at radius 1 is 1.17 bits per heavy atom. The van der Waals surface area contributed by atoms with Crippen LogP contribution >= 0.6 is 0 Å².